The van der Waals surface area contributed by atoms with E-state index in [2.05, 4.69) is 21.0 Å². The Morgan fingerprint density at radius 2 is 1.87 bits per heavy atom. The summed E-state index contributed by atoms with van der Waals surface area (Å²) in [7, 11) is 2.94. The fourth-order valence-electron chi connectivity index (χ4n) is 6.19. The van der Waals surface area contributed by atoms with Crippen LogP contribution in [0.2, 0.25) is 5.02 Å². The number of rotatable bonds is 8. The van der Waals surface area contributed by atoms with E-state index in [0.717, 1.165) is 41.1 Å². The molecule has 2 aromatic heterocycles. The van der Waals surface area contributed by atoms with Crippen LogP contribution >= 0.6 is 11.6 Å². The maximum Gasteiger partial charge on any atom is 0.279 e. The van der Waals surface area contributed by atoms with E-state index in [-0.39, 0.29) is 51.0 Å². The molecule has 2 aliphatic rings. The van der Waals surface area contributed by atoms with Crippen LogP contribution in [0.3, 0.4) is 0 Å². The van der Waals surface area contributed by atoms with Crippen LogP contribution in [0.15, 0.2) is 47.4 Å². The molecule has 0 bridgehead atoms. The molecule has 0 saturated carbocycles. The highest BCUT2D eigenvalue weighted by Crippen LogP contribution is 2.44. The van der Waals surface area contributed by atoms with Gasteiger partial charge in [-0.3, -0.25) is 14.4 Å². The van der Waals surface area contributed by atoms with E-state index in [1.807, 2.05) is 6.07 Å². The molecule has 10 nitrogen and oxygen atoms in total. The Kier molecular flexibility index (Phi) is 8.58. The fourth-order valence-corrected chi connectivity index (χ4v) is 6.53. The fraction of sp³-hybridized carbons (Fsp3) is 0.303. The van der Waals surface area contributed by atoms with Crippen LogP contribution in [0, 0.1) is 18.6 Å². The van der Waals surface area contributed by atoms with Crippen LogP contribution in [0.25, 0.3) is 22.4 Å². The Morgan fingerprint density at radius 1 is 1.11 bits per heavy atom. The first kappa shape index (κ1) is 31.3. The average Bonchev–Trinajstić information content (AvgIpc) is 3.65. The van der Waals surface area contributed by atoms with E-state index in [1.54, 1.807) is 0 Å². The summed E-state index contributed by atoms with van der Waals surface area (Å²) in [6.07, 6.45) is 4.16. The predicted octanol–water partition coefficient (Wildman–Crippen LogP) is 4.87. The zero-order valence-electron chi connectivity index (χ0n) is 25.3. The van der Waals surface area contributed by atoms with Crippen molar-refractivity contribution >= 4 is 29.1 Å². The monoisotopic (exact) mass is 648 g/mol. The quantitative estimate of drug-likeness (QED) is 0.249. The molecule has 13 heteroatoms. The molecule has 0 radical (unpaired) electrons. The van der Waals surface area contributed by atoms with Gasteiger partial charge in [-0.2, -0.15) is 5.10 Å². The van der Waals surface area contributed by atoms with E-state index in [4.69, 9.17) is 21.3 Å². The molecule has 3 heterocycles. The lowest BCUT2D eigenvalue weighted by atomic mass is 9.94. The van der Waals surface area contributed by atoms with E-state index in [1.165, 1.54) is 51.5 Å². The second kappa shape index (κ2) is 12.6. The number of nitrogens with one attached hydrogen (secondary N) is 3. The van der Waals surface area contributed by atoms with Crippen molar-refractivity contribution in [2.24, 2.45) is 7.05 Å². The first-order chi connectivity index (χ1) is 22.1. The number of carbonyl (C=O) groups is 2. The topological polar surface area (TPSA) is 127 Å². The Labute approximate surface area is 268 Å². The van der Waals surface area contributed by atoms with Crippen LogP contribution in [-0.4, -0.2) is 46.3 Å². The van der Waals surface area contributed by atoms with Crippen LogP contribution in [0.4, 0.5) is 14.5 Å². The highest BCUT2D eigenvalue weighted by Gasteiger charge is 2.31. The third kappa shape index (κ3) is 5.74. The summed E-state index contributed by atoms with van der Waals surface area (Å²) >= 11 is 6.86. The van der Waals surface area contributed by atoms with Crippen LogP contribution in [-0.2, 0) is 18.3 Å². The van der Waals surface area contributed by atoms with Crippen LogP contribution in [0.1, 0.15) is 52.4 Å². The van der Waals surface area contributed by atoms with E-state index >= 15 is 8.78 Å². The summed E-state index contributed by atoms with van der Waals surface area (Å²) in [5, 5.41) is 12.9. The summed E-state index contributed by atoms with van der Waals surface area (Å²) in [6.45, 7) is 2.15. The van der Waals surface area contributed by atoms with Gasteiger partial charge in [-0.25, -0.2) is 18.4 Å². The third-order valence-electron chi connectivity index (χ3n) is 8.58. The van der Waals surface area contributed by atoms with Gasteiger partial charge in [0.15, 0.2) is 0 Å². The lowest BCUT2D eigenvalue weighted by Crippen LogP contribution is -2.36. The number of hydrogen-bond donors (Lipinski definition) is 3. The summed E-state index contributed by atoms with van der Waals surface area (Å²) in [5.41, 5.74) is 2.01. The normalized spacial score (nSPS) is 17.1. The minimum atomic E-state index is -0.765. The van der Waals surface area contributed by atoms with Crippen molar-refractivity contribution in [1.29, 1.82) is 0 Å². The highest BCUT2D eigenvalue weighted by molar-refractivity contribution is 6.36. The van der Waals surface area contributed by atoms with E-state index < -0.39 is 23.1 Å². The van der Waals surface area contributed by atoms with Crippen molar-refractivity contribution in [1.82, 2.24) is 25.4 Å². The number of pyridine rings is 1. The van der Waals surface area contributed by atoms with Gasteiger partial charge in [0, 0.05) is 66.2 Å². The number of ether oxygens (including phenoxy) is 1. The zero-order chi connectivity index (χ0) is 32.7. The largest absolute Gasteiger partial charge is 0.481 e. The van der Waals surface area contributed by atoms with Gasteiger partial charge < -0.3 is 20.7 Å². The Bertz CT molecular complexity index is 1950. The molecule has 2 aromatic carbocycles. The molecular weight excluding hydrogens is 618 g/mol. The van der Waals surface area contributed by atoms with Gasteiger partial charge in [0.25, 0.3) is 11.5 Å². The number of fused-ring (bicyclic) bond motifs is 1. The SMILES string of the molecule is COc1nc(-c2ccc(F)c(-c3c(F)ccc(NC(=O)c4ccnn(C)c4=O)c3C)c2Cl)cc2c1[C@@H](NC[C@@H]1CCC(=O)N1)CC2. The van der Waals surface area contributed by atoms with Gasteiger partial charge in [-0.1, -0.05) is 11.6 Å². The molecule has 1 saturated heterocycles. The van der Waals surface area contributed by atoms with Crippen molar-refractivity contribution in [3.63, 3.8) is 0 Å². The maximum absolute atomic E-state index is 15.5. The first-order valence-electron chi connectivity index (χ1n) is 14.8. The molecule has 1 fully saturated rings. The molecule has 238 valence electrons. The molecule has 3 N–H and O–H groups in total. The number of carbonyl (C=O) groups excluding carboxylic acids is 2. The third-order valence-corrected chi connectivity index (χ3v) is 8.97. The summed E-state index contributed by atoms with van der Waals surface area (Å²) < 4.78 is 37.7. The van der Waals surface area contributed by atoms with Gasteiger partial charge in [0.2, 0.25) is 11.8 Å². The number of nitrogens with zero attached hydrogens (tertiary/aromatic N) is 3. The first-order valence-corrected chi connectivity index (χ1v) is 15.2. The number of halogens is 3. The number of amides is 2. The zero-order valence-corrected chi connectivity index (χ0v) is 26.1. The van der Waals surface area contributed by atoms with E-state index in [0.29, 0.717) is 30.1 Å². The number of anilines is 1. The predicted molar refractivity (Wildman–Crippen MR) is 169 cm³/mol. The highest BCUT2D eigenvalue weighted by atomic mass is 35.5. The van der Waals surface area contributed by atoms with Crippen molar-refractivity contribution in [3.8, 4) is 28.3 Å². The second-order valence-electron chi connectivity index (χ2n) is 11.4. The molecule has 1 aliphatic heterocycles. The lowest BCUT2D eigenvalue weighted by Gasteiger charge is -2.20. The van der Waals surface area contributed by atoms with Crippen LogP contribution in [0.5, 0.6) is 5.88 Å². The Hall–Kier alpha value is -4.68. The molecule has 46 heavy (non-hydrogen) atoms. The summed E-state index contributed by atoms with van der Waals surface area (Å²) in [4.78, 5) is 41.7. The minimum absolute atomic E-state index is 0.0229. The minimum Gasteiger partial charge on any atom is -0.481 e. The summed E-state index contributed by atoms with van der Waals surface area (Å²) in [5.74, 6) is -1.78. The standard InChI is InChI=1S/C33H31ClF2N6O4/c1-16-23(40-31(44)20-12-13-38-42(2)33(20)45)10-8-21(35)27(16)29-22(36)7-6-19(30(29)34)25-14-17-4-9-24(28(17)32(41-25)46-3)37-15-18-5-11-26(43)39-18/h6-8,10,12-14,18,24,37H,4-5,9,11,15H2,1-3H3,(H,39,43)(H,40,44)/t18-,24-/m0/s1. The van der Waals surface area contributed by atoms with Crippen molar-refractivity contribution < 1.29 is 23.1 Å². The number of hydrogen-bond acceptors (Lipinski definition) is 7. The van der Waals surface area contributed by atoms with Gasteiger partial charge in [-0.05, 0) is 73.7 Å². The smallest absolute Gasteiger partial charge is 0.279 e. The van der Waals surface area contributed by atoms with Crippen molar-refractivity contribution in [2.75, 3.05) is 19.0 Å². The molecular formula is C33H31ClF2N6O4. The average molecular weight is 649 g/mol. The molecule has 0 spiro atoms. The number of methoxy groups -OCH3 is 1. The number of benzene rings is 2. The van der Waals surface area contributed by atoms with E-state index in [9.17, 15) is 14.4 Å². The Morgan fingerprint density at radius 3 is 2.61 bits per heavy atom. The molecule has 6 rings (SSSR count). The maximum atomic E-state index is 15.5. The van der Waals surface area contributed by atoms with Gasteiger partial charge >= 0.3 is 0 Å². The van der Waals surface area contributed by atoms with Crippen LogP contribution < -0.4 is 26.2 Å². The van der Waals surface area contributed by atoms with Gasteiger partial charge in [-0.15, -0.1) is 0 Å². The van der Waals surface area contributed by atoms with Gasteiger partial charge in [0.05, 0.1) is 17.8 Å². The molecule has 1 aliphatic carbocycles. The molecule has 2 atom stereocenters. The van der Waals surface area contributed by atoms with Crippen molar-refractivity contribution in [3.05, 3.63) is 91.9 Å². The molecule has 2 amide bonds. The second-order valence-corrected chi connectivity index (χ2v) is 11.8. The number of aryl methyl sites for hydroxylation is 2. The lowest BCUT2D eigenvalue weighted by molar-refractivity contribution is -0.119. The van der Waals surface area contributed by atoms with Gasteiger partial charge in [0.1, 0.15) is 17.2 Å². The molecule has 4 aromatic rings. The van der Waals surface area contributed by atoms with Crippen molar-refractivity contribution in [2.45, 2.75) is 44.7 Å². The molecule has 0 unspecified atom stereocenters. The Balaban J connectivity index is 1.34. The number of aromatic nitrogens is 3. The summed E-state index contributed by atoms with van der Waals surface area (Å²) in [6, 6.07) is 8.34.